The Bertz CT molecular complexity index is 621. The van der Waals surface area contributed by atoms with E-state index >= 15 is 0 Å². The number of anilines is 1. The number of rotatable bonds is 3. The van der Waals surface area contributed by atoms with Crippen LogP contribution >= 0.6 is 0 Å². The van der Waals surface area contributed by atoms with Crippen LogP contribution < -0.4 is 15.8 Å². The molecule has 1 aliphatic heterocycles. The van der Waals surface area contributed by atoms with Gasteiger partial charge in [0, 0.05) is 30.1 Å². The van der Waals surface area contributed by atoms with E-state index < -0.39 is 0 Å². The maximum Gasteiger partial charge on any atom is 0.269 e. The third-order valence-corrected chi connectivity index (χ3v) is 4.79. The maximum atomic E-state index is 12.1. The molecule has 0 radical (unpaired) electrons. The number of carbonyl (C=O) groups excluding carboxylic acids is 3. The summed E-state index contributed by atoms with van der Waals surface area (Å²) >= 11 is 0. The van der Waals surface area contributed by atoms with Gasteiger partial charge in [-0.3, -0.25) is 25.2 Å². The van der Waals surface area contributed by atoms with Crippen LogP contribution in [0.2, 0.25) is 0 Å². The molecule has 0 aromatic heterocycles. The fourth-order valence-electron chi connectivity index (χ4n) is 3.37. The Labute approximate surface area is 141 Å². The van der Waals surface area contributed by atoms with Crippen molar-refractivity contribution < 1.29 is 14.4 Å². The number of benzene rings is 1. The number of hydrazine groups is 1. The SMILES string of the molecule is O=C(NNC(=O)C1CCCCC1)c1ccc(N2CCCC2=O)cc1. The molecular formula is C18H23N3O3. The number of nitrogens with one attached hydrogen (secondary N) is 2. The molecule has 2 aliphatic rings. The van der Waals surface area contributed by atoms with Crippen molar-refractivity contribution in [2.75, 3.05) is 11.4 Å². The quantitative estimate of drug-likeness (QED) is 0.834. The van der Waals surface area contributed by atoms with Crippen molar-refractivity contribution in [3.63, 3.8) is 0 Å². The minimum atomic E-state index is -0.349. The predicted octanol–water partition coefficient (Wildman–Crippen LogP) is 2.15. The van der Waals surface area contributed by atoms with Crippen LogP contribution in [0.1, 0.15) is 55.3 Å². The Kier molecular flexibility index (Phi) is 5.13. The minimum Gasteiger partial charge on any atom is -0.312 e. The standard InChI is InChI=1S/C18H23N3O3/c22-16-7-4-12-21(16)15-10-8-14(9-11-15)18(24)20-19-17(23)13-5-2-1-3-6-13/h8-11,13H,1-7,12H2,(H,19,23)(H,20,24). The van der Waals surface area contributed by atoms with Crippen molar-refractivity contribution in [3.8, 4) is 0 Å². The first kappa shape index (κ1) is 16.5. The van der Waals surface area contributed by atoms with Crippen molar-refractivity contribution in [1.29, 1.82) is 0 Å². The van der Waals surface area contributed by atoms with E-state index in [0.29, 0.717) is 12.0 Å². The summed E-state index contributed by atoms with van der Waals surface area (Å²) in [5, 5.41) is 0. The smallest absolute Gasteiger partial charge is 0.269 e. The van der Waals surface area contributed by atoms with Gasteiger partial charge in [0.05, 0.1) is 0 Å². The molecule has 1 aromatic carbocycles. The molecule has 2 N–H and O–H groups in total. The molecule has 0 atom stereocenters. The fraction of sp³-hybridized carbons (Fsp3) is 0.500. The second kappa shape index (κ2) is 7.47. The molecule has 1 heterocycles. The molecule has 2 fully saturated rings. The van der Waals surface area contributed by atoms with E-state index in [-0.39, 0.29) is 23.6 Å². The van der Waals surface area contributed by atoms with Gasteiger partial charge in [0.15, 0.2) is 0 Å². The lowest BCUT2D eigenvalue weighted by atomic mass is 9.89. The van der Waals surface area contributed by atoms with Crippen LogP contribution in [0.15, 0.2) is 24.3 Å². The van der Waals surface area contributed by atoms with Gasteiger partial charge in [-0.05, 0) is 43.5 Å². The third kappa shape index (κ3) is 3.75. The first-order valence-electron chi connectivity index (χ1n) is 8.66. The Morgan fingerprint density at radius 3 is 2.29 bits per heavy atom. The van der Waals surface area contributed by atoms with E-state index in [1.165, 1.54) is 6.42 Å². The number of nitrogens with zero attached hydrogens (tertiary/aromatic N) is 1. The molecule has 24 heavy (non-hydrogen) atoms. The van der Waals surface area contributed by atoms with E-state index in [0.717, 1.165) is 44.3 Å². The Morgan fingerprint density at radius 1 is 0.958 bits per heavy atom. The van der Waals surface area contributed by atoms with Crippen molar-refractivity contribution in [1.82, 2.24) is 10.9 Å². The van der Waals surface area contributed by atoms with Gasteiger partial charge in [0.1, 0.15) is 0 Å². The summed E-state index contributed by atoms with van der Waals surface area (Å²) in [5.74, 6) is -0.338. The Balaban J connectivity index is 1.53. The van der Waals surface area contributed by atoms with Crippen LogP contribution in [0.25, 0.3) is 0 Å². The zero-order chi connectivity index (χ0) is 16.9. The summed E-state index contributed by atoms with van der Waals surface area (Å²) in [6, 6.07) is 6.87. The largest absolute Gasteiger partial charge is 0.312 e. The zero-order valence-corrected chi connectivity index (χ0v) is 13.7. The average Bonchev–Trinajstić information content (AvgIpc) is 3.06. The summed E-state index contributed by atoms with van der Waals surface area (Å²) in [6.07, 6.45) is 6.55. The maximum absolute atomic E-state index is 12.1. The first-order valence-corrected chi connectivity index (χ1v) is 8.66. The van der Waals surface area contributed by atoms with Gasteiger partial charge >= 0.3 is 0 Å². The highest BCUT2D eigenvalue weighted by Gasteiger charge is 2.23. The van der Waals surface area contributed by atoms with E-state index in [1.54, 1.807) is 29.2 Å². The molecule has 6 heteroatoms. The second-order valence-electron chi connectivity index (χ2n) is 6.47. The highest BCUT2D eigenvalue weighted by Crippen LogP contribution is 2.23. The molecule has 0 spiro atoms. The van der Waals surface area contributed by atoms with Gasteiger partial charge < -0.3 is 4.90 Å². The van der Waals surface area contributed by atoms with Crippen molar-refractivity contribution in [2.45, 2.75) is 44.9 Å². The van der Waals surface area contributed by atoms with Crippen LogP contribution in [-0.4, -0.2) is 24.3 Å². The zero-order valence-electron chi connectivity index (χ0n) is 13.7. The number of carbonyl (C=O) groups is 3. The molecule has 0 unspecified atom stereocenters. The molecular weight excluding hydrogens is 306 g/mol. The van der Waals surface area contributed by atoms with Gasteiger partial charge in [-0.25, -0.2) is 0 Å². The van der Waals surface area contributed by atoms with E-state index in [1.807, 2.05) is 0 Å². The highest BCUT2D eigenvalue weighted by molar-refractivity contribution is 5.98. The lowest BCUT2D eigenvalue weighted by molar-refractivity contribution is -0.126. The molecule has 128 valence electrons. The van der Waals surface area contributed by atoms with Crippen molar-refractivity contribution in [3.05, 3.63) is 29.8 Å². The lowest BCUT2D eigenvalue weighted by Gasteiger charge is -2.20. The van der Waals surface area contributed by atoms with Gasteiger partial charge in [-0.2, -0.15) is 0 Å². The average molecular weight is 329 g/mol. The number of amides is 3. The van der Waals surface area contributed by atoms with Gasteiger partial charge in [0.2, 0.25) is 11.8 Å². The summed E-state index contributed by atoms with van der Waals surface area (Å²) in [6.45, 7) is 0.724. The highest BCUT2D eigenvalue weighted by atomic mass is 16.2. The second-order valence-corrected chi connectivity index (χ2v) is 6.47. The van der Waals surface area contributed by atoms with Crippen molar-refractivity contribution in [2.24, 2.45) is 5.92 Å². The summed E-state index contributed by atoms with van der Waals surface area (Å²) in [5.41, 5.74) is 6.26. The number of hydrogen-bond donors (Lipinski definition) is 2. The lowest BCUT2D eigenvalue weighted by Crippen LogP contribution is -2.44. The Morgan fingerprint density at radius 2 is 1.67 bits per heavy atom. The molecule has 1 aromatic rings. The minimum absolute atomic E-state index is 0.00241. The Hall–Kier alpha value is -2.37. The molecule has 1 aliphatic carbocycles. The van der Waals surface area contributed by atoms with E-state index in [9.17, 15) is 14.4 Å². The van der Waals surface area contributed by atoms with Crippen LogP contribution in [-0.2, 0) is 9.59 Å². The molecule has 1 saturated carbocycles. The van der Waals surface area contributed by atoms with Gasteiger partial charge in [0.25, 0.3) is 5.91 Å². The fourth-order valence-corrected chi connectivity index (χ4v) is 3.37. The van der Waals surface area contributed by atoms with Crippen LogP contribution in [0.4, 0.5) is 5.69 Å². The summed E-state index contributed by atoms with van der Waals surface area (Å²) in [4.78, 5) is 37.6. The summed E-state index contributed by atoms with van der Waals surface area (Å²) < 4.78 is 0. The third-order valence-electron chi connectivity index (χ3n) is 4.79. The molecule has 0 bridgehead atoms. The van der Waals surface area contributed by atoms with Crippen LogP contribution in [0, 0.1) is 5.92 Å². The van der Waals surface area contributed by atoms with E-state index in [4.69, 9.17) is 0 Å². The van der Waals surface area contributed by atoms with Crippen molar-refractivity contribution >= 4 is 23.4 Å². The van der Waals surface area contributed by atoms with Gasteiger partial charge in [-0.15, -0.1) is 0 Å². The van der Waals surface area contributed by atoms with Crippen LogP contribution in [0.5, 0.6) is 0 Å². The normalized spacial score (nSPS) is 18.5. The molecule has 3 rings (SSSR count). The van der Waals surface area contributed by atoms with E-state index in [2.05, 4.69) is 10.9 Å². The topological polar surface area (TPSA) is 78.5 Å². The molecule has 1 saturated heterocycles. The molecule has 3 amide bonds. The monoisotopic (exact) mass is 329 g/mol. The predicted molar refractivity (Wildman–Crippen MR) is 90.2 cm³/mol. The van der Waals surface area contributed by atoms with Gasteiger partial charge in [-0.1, -0.05) is 19.3 Å². The molecule has 6 nitrogen and oxygen atoms in total. The number of hydrogen-bond acceptors (Lipinski definition) is 3. The van der Waals surface area contributed by atoms with Crippen LogP contribution in [0.3, 0.4) is 0 Å². The first-order chi connectivity index (χ1) is 11.6. The summed E-state index contributed by atoms with van der Waals surface area (Å²) in [7, 11) is 0.